The third-order valence-corrected chi connectivity index (χ3v) is 2.32. The maximum absolute atomic E-state index is 5.36. The monoisotopic (exact) mass is 238 g/mol. The highest BCUT2D eigenvalue weighted by molar-refractivity contribution is 5.46. The summed E-state index contributed by atoms with van der Waals surface area (Å²) < 4.78 is 0. The first kappa shape index (κ1) is 13.7. The van der Waals surface area contributed by atoms with Crippen molar-refractivity contribution in [2.24, 2.45) is 5.84 Å². The van der Waals surface area contributed by atoms with Gasteiger partial charge in [-0.2, -0.15) is 0 Å². The number of rotatable bonds is 7. The Morgan fingerprint density at radius 2 is 2.00 bits per heavy atom. The van der Waals surface area contributed by atoms with Crippen molar-refractivity contribution in [2.45, 2.75) is 19.8 Å². The van der Waals surface area contributed by atoms with E-state index in [-0.39, 0.29) is 0 Å². The Bertz CT molecular complexity index is 316. The van der Waals surface area contributed by atoms with Crippen molar-refractivity contribution in [3.05, 3.63) is 11.9 Å². The van der Waals surface area contributed by atoms with Crippen LogP contribution in [0, 0.1) is 0 Å². The standard InChI is InChI=1S/C11H22N6/c1-4-9-14-10(8-11(15-9)16-12)13-6-5-7-17(2)3/h8H,4-7,12H2,1-3H3,(H2,13,14,15,16). The molecule has 0 aliphatic heterocycles. The molecule has 1 aromatic heterocycles. The Labute approximate surface area is 103 Å². The molecule has 0 bridgehead atoms. The van der Waals surface area contributed by atoms with Crippen LogP contribution in [0.15, 0.2) is 6.07 Å². The fourth-order valence-corrected chi connectivity index (χ4v) is 1.43. The Balaban J connectivity index is 2.51. The van der Waals surface area contributed by atoms with Gasteiger partial charge in [0.1, 0.15) is 17.5 Å². The highest BCUT2D eigenvalue weighted by Gasteiger charge is 2.02. The molecular formula is C11H22N6. The molecular weight excluding hydrogens is 216 g/mol. The predicted octanol–water partition coefficient (Wildman–Crippen LogP) is 0.688. The molecule has 0 aliphatic rings. The third-order valence-electron chi connectivity index (χ3n) is 2.32. The largest absolute Gasteiger partial charge is 0.370 e. The van der Waals surface area contributed by atoms with Crippen molar-refractivity contribution in [3.63, 3.8) is 0 Å². The lowest BCUT2D eigenvalue weighted by Gasteiger charge is -2.11. The summed E-state index contributed by atoms with van der Waals surface area (Å²) >= 11 is 0. The highest BCUT2D eigenvalue weighted by Crippen LogP contribution is 2.10. The lowest BCUT2D eigenvalue weighted by molar-refractivity contribution is 0.405. The van der Waals surface area contributed by atoms with Gasteiger partial charge in [-0.3, -0.25) is 0 Å². The SMILES string of the molecule is CCc1nc(NN)cc(NCCCN(C)C)n1. The molecule has 0 aromatic carbocycles. The van der Waals surface area contributed by atoms with Crippen LogP contribution in [0.4, 0.5) is 11.6 Å². The van der Waals surface area contributed by atoms with Crippen LogP contribution in [0.2, 0.25) is 0 Å². The molecule has 0 aliphatic carbocycles. The van der Waals surface area contributed by atoms with Gasteiger partial charge in [0.05, 0.1) is 0 Å². The first-order valence-electron chi connectivity index (χ1n) is 5.89. The summed E-state index contributed by atoms with van der Waals surface area (Å²) in [5, 5.41) is 3.28. The molecule has 96 valence electrons. The van der Waals surface area contributed by atoms with Gasteiger partial charge in [0, 0.05) is 19.0 Å². The van der Waals surface area contributed by atoms with Crippen LogP contribution in [0.3, 0.4) is 0 Å². The topological polar surface area (TPSA) is 79.1 Å². The Morgan fingerprint density at radius 1 is 1.29 bits per heavy atom. The number of aryl methyl sites for hydroxylation is 1. The zero-order chi connectivity index (χ0) is 12.7. The van der Waals surface area contributed by atoms with Crippen molar-refractivity contribution in [2.75, 3.05) is 37.9 Å². The fraction of sp³-hybridized carbons (Fsp3) is 0.636. The second-order valence-electron chi connectivity index (χ2n) is 4.14. The van der Waals surface area contributed by atoms with Gasteiger partial charge in [0.15, 0.2) is 0 Å². The first-order valence-corrected chi connectivity index (χ1v) is 5.89. The molecule has 6 nitrogen and oxygen atoms in total. The quantitative estimate of drug-likeness (QED) is 0.368. The number of hydrazine groups is 1. The normalized spacial score (nSPS) is 10.6. The molecule has 1 heterocycles. The third kappa shape index (κ3) is 4.97. The van der Waals surface area contributed by atoms with E-state index in [0.717, 1.165) is 37.6 Å². The zero-order valence-electron chi connectivity index (χ0n) is 10.8. The van der Waals surface area contributed by atoms with Crippen molar-refractivity contribution in [3.8, 4) is 0 Å². The van der Waals surface area contributed by atoms with Gasteiger partial charge in [-0.15, -0.1) is 0 Å². The molecule has 0 radical (unpaired) electrons. The number of nitrogens with two attached hydrogens (primary N) is 1. The van der Waals surface area contributed by atoms with Crippen LogP contribution in [-0.4, -0.2) is 42.1 Å². The lowest BCUT2D eigenvalue weighted by Crippen LogP contribution is -2.17. The molecule has 1 aromatic rings. The molecule has 0 spiro atoms. The van der Waals surface area contributed by atoms with E-state index in [4.69, 9.17) is 5.84 Å². The predicted molar refractivity (Wildman–Crippen MR) is 70.9 cm³/mol. The van der Waals surface area contributed by atoms with E-state index in [1.54, 1.807) is 0 Å². The number of hydrogen-bond donors (Lipinski definition) is 3. The average molecular weight is 238 g/mol. The minimum atomic E-state index is 0.645. The molecule has 6 heteroatoms. The van der Waals surface area contributed by atoms with Crippen LogP contribution < -0.4 is 16.6 Å². The summed E-state index contributed by atoms with van der Waals surface area (Å²) in [4.78, 5) is 10.8. The Hall–Kier alpha value is -1.40. The fourth-order valence-electron chi connectivity index (χ4n) is 1.43. The minimum Gasteiger partial charge on any atom is -0.370 e. The van der Waals surface area contributed by atoms with Crippen molar-refractivity contribution in [1.82, 2.24) is 14.9 Å². The van der Waals surface area contributed by atoms with E-state index in [1.165, 1.54) is 0 Å². The van der Waals surface area contributed by atoms with E-state index < -0.39 is 0 Å². The van der Waals surface area contributed by atoms with Crippen LogP contribution in [0.5, 0.6) is 0 Å². The van der Waals surface area contributed by atoms with Gasteiger partial charge in [0.25, 0.3) is 0 Å². The molecule has 0 saturated heterocycles. The first-order chi connectivity index (χ1) is 8.15. The van der Waals surface area contributed by atoms with Gasteiger partial charge in [-0.05, 0) is 27.1 Å². The summed E-state index contributed by atoms with van der Waals surface area (Å²) in [6.07, 6.45) is 1.87. The van der Waals surface area contributed by atoms with E-state index >= 15 is 0 Å². The maximum Gasteiger partial charge on any atom is 0.145 e. The van der Waals surface area contributed by atoms with Crippen molar-refractivity contribution in [1.29, 1.82) is 0 Å². The molecule has 0 amide bonds. The molecule has 17 heavy (non-hydrogen) atoms. The van der Waals surface area contributed by atoms with Crippen LogP contribution in [0.25, 0.3) is 0 Å². The summed E-state index contributed by atoms with van der Waals surface area (Å²) in [7, 11) is 4.13. The van der Waals surface area contributed by atoms with E-state index in [1.807, 2.05) is 13.0 Å². The van der Waals surface area contributed by atoms with E-state index in [2.05, 4.69) is 39.7 Å². The molecule has 4 N–H and O–H groups in total. The lowest BCUT2D eigenvalue weighted by atomic mass is 10.4. The molecule has 0 fully saturated rings. The molecule has 0 unspecified atom stereocenters. The van der Waals surface area contributed by atoms with Crippen LogP contribution in [-0.2, 0) is 6.42 Å². The summed E-state index contributed by atoms with van der Waals surface area (Å²) in [5.41, 5.74) is 2.55. The van der Waals surface area contributed by atoms with Gasteiger partial charge < -0.3 is 15.6 Å². The van der Waals surface area contributed by atoms with Crippen LogP contribution in [0.1, 0.15) is 19.2 Å². The van der Waals surface area contributed by atoms with E-state index in [0.29, 0.717) is 5.82 Å². The van der Waals surface area contributed by atoms with Gasteiger partial charge in [-0.1, -0.05) is 6.92 Å². The molecule has 0 atom stereocenters. The van der Waals surface area contributed by atoms with Crippen molar-refractivity contribution >= 4 is 11.6 Å². The minimum absolute atomic E-state index is 0.645. The highest BCUT2D eigenvalue weighted by atomic mass is 15.3. The Morgan fingerprint density at radius 3 is 2.59 bits per heavy atom. The smallest absolute Gasteiger partial charge is 0.145 e. The Kier molecular flexibility index (Phi) is 5.65. The summed E-state index contributed by atoms with van der Waals surface area (Å²) in [6, 6.07) is 1.81. The number of anilines is 2. The van der Waals surface area contributed by atoms with Crippen molar-refractivity contribution < 1.29 is 0 Å². The van der Waals surface area contributed by atoms with Gasteiger partial charge >= 0.3 is 0 Å². The van der Waals surface area contributed by atoms with Gasteiger partial charge in [0.2, 0.25) is 0 Å². The van der Waals surface area contributed by atoms with Crippen LogP contribution >= 0.6 is 0 Å². The second kappa shape index (κ2) is 7.03. The number of nitrogens with zero attached hydrogens (tertiary/aromatic N) is 3. The average Bonchev–Trinajstić information content (AvgIpc) is 2.34. The maximum atomic E-state index is 5.36. The van der Waals surface area contributed by atoms with E-state index in [9.17, 15) is 0 Å². The molecule has 1 rings (SSSR count). The zero-order valence-corrected chi connectivity index (χ0v) is 10.8. The number of aromatic nitrogens is 2. The number of hydrogen-bond acceptors (Lipinski definition) is 6. The number of nitrogen functional groups attached to an aromatic ring is 1. The van der Waals surface area contributed by atoms with Gasteiger partial charge in [-0.25, -0.2) is 15.8 Å². The number of nitrogens with one attached hydrogen (secondary N) is 2. The summed E-state index contributed by atoms with van der Waals surface area (Å²) in [6.45, 7) is 3.97. The molecule has 0 saturated carbocycles. The summed E-state index contributed by atoms with van der Waals surface area (Å²) in [5.74, 6) is 7.62. The second-order valence-corrected chi connectivity index (χ2v) is 4.14.